The van der Waals surface area contributed by atoms with E-state index in [0.717, 1.165) is 0 Å². The van der Waals surface area contributed by atoms with Crippen LogP contribution in [0.2, 0.25) is 0 Å². The smallest absolute Gasteiger partial charge is 0.0856 e. The molecule has 0 bridgehead atoms. The highest BCUT2D eigenvalue weighted by molar-refractivity contribution is 7.94. The molecule has 0 radical (unpaired) electrons. The maximum atomic E-state index is 5.39. The van der Waals surface area contributed by atoms with Gasteiger partial charge in [0.25, 0.3) is 0 Å². The van der Waals surface area contributed by atoms with E-state index in [0.29, 0.717) is 0 Å². The summed E-state index contributed by atoms with van der Waals surface area (Å²) < 4.78 is 0. The Morgan fingerprint density at radius 1 is 0.609 bits per heavy atom. The summed E-state index contributed by atoms with van der Waals surface area (Å²) in [6.07, 6.45) is 0. The Kier molecular flexibility index (Phi) is 5.09. The topological polar surface area (TPSA) is 18.5 Å². The van der Waals surface area contributed by atoms with Crippen molar-refractivity contribution in [2.24, 2.45) is 0 Å². The van der Waals surface area contributed by atoms with Gasteiger partial charge in [-0.2, -0.15) is 0 Å². The first-order chi connectivity index (χ1) is 11.4. The predicted octanol–water partition coefficient (Wildman–Crippen LogP) is 3.32. The highest BCUT2D eigenvalue weighted by Crippen LogP contribution is 2.43. The van der Waals surface area contributed by atoms with Crippen LogP contribution in [0.15, 0.2) is 91.0 Å². The summed E-state index contributed by atoms with van der Waals surface area (Å²) in [5, 5.41) is 3.69. The first-order valence-corrected chi connectivity index (χ1v) is 9.33. The molecule has 2 nitrogen and oxygen atoms in total. The van der Waals surface area contributed by atoms with Gasteiger partial charge in [-0.3, -0.25) is 0 Å². The second-order valence-corrected chi connectivity index (χ2v) is 8.30. The summed E-state index contributed by atoms with van der Waals surface area (Å²) in [6.45, 7) is -2.04. The summed E-state index contributed by atoms with van der Waals surface area (Å²) in [7, 11) is 1.53. The Hall–Kier alpha value is -2.12. The molecule has 0 atom stereocenters. The molecule has 0 aromatic heterocycles. The molecule has 3 aromatic carbocycles. The maximum Gasteiger partial charge on any atom is 0.0856 e. The molecular weight excluding hydrogens is 303 g/mol. The highest BCUT2D eigenvalue weighted by Gasteiger charge is 2.25. The van der Waals surface area contributed by atoms with Crippen LogP contribution in [0.25, 0.3) is 0 Å². The average Bonchev–Trinajstić information content (AvgIpc) is 2.65. The van der Waals surface area contributed by atoms with Crippen molar-refractivity contribution in [2.45, 2.75) is 0 Å². The van der Waals surface area contributed by atoms with Crippen LogP contribution in [-0.4, -0.2) is 13.1 Å². The third-order valence-corrected chi connectivity index (χ3v) is 7.53. The normalized spacial score (nSPS) is 11.2. The van der Waals surface area contributed by atoms with Gasteiger partial charge < -0.3 is 0 Å². The van der Waals surface area contributed by atoms with E-state index in [1.54, 1.807) is 0 Å². The molecule has 0 aliphatic carbocycles. The molecule has 0 saturated carbocycles. The third-order valence-electron chi connectivity index (χ3n) is 3.79. The van der Waals surface area contributed by atoms with Crippen LogP contribution in [0.5, 0.6) is 0 Å². The summed E-state index contributed by atoms with van der Waals surface area (Å²) in [4.78, 5) is 10.3. The van der Waals surface area contributed by atoms with Crippen molar-refractivity contribution in [1.29, 1.82) is 0 Å². The van der Waals surface area contributed by atoms with E-state index in [1.807, 2.05) is 24.2 Å². The van der Waals surface area contributed by atoms with E-state index >= 15 is 0 Å². The standard InChI is InChI=1S/C20H19O2P/c1-21-22-17-23(18-11-5-2-6-12-18,19-13-7-3-8-14-19)20-15-9-4-10-16-20/h2-17H,1H3. The fourth-order valence-electron chi connectivity index (χ4n) is 2.73. The minimum atomic E-state index is -2.04. The molecule has 0 fully saturated rings. The zero-order valence-corrected chi connectivity index (χ0v) is 13.9. The van der Waals surface area contributed by atoms with Crippen LogP contribution in [0.4, 0.5) is 0 Å². The summed E-state index contributed by atoms with van der Waals surface area (Å²) in [5.74, 6) is 1.87. The third kappa shape index (κ3) is 3.16. The zero-order chi connectivity index (χ0) is 16.0. The second kappa shape index (κ2) is 7.43. The zero-order valence-electron chi connectivity index (χ0n) is 13.0. The van der Waals surface area contributed by atoms with Crippen LogP contribution >= 0.6 is 6.89 Å². The van der Waals surface area contributed by atoms with Crippen LogP contribution in [0, 0.1) is 0 Å². The van der Waals surface area contributed by atoms with Crippen molar-refractivity contribution < 1.29 is 9.78 Å². The molecule has 116 valence electrons. The first kappa shape index (κ1) is 15.8. The van der Waals surface area contributed by atoms with Crippen LogP contribution < -0.4 is 15.9 Å². The van der Waals surface area contributed by atoms with E-state index in [1.165, 1.54) is 23.0 Å². The molecule has 3 heteroatoms. The lowest BCUT2D eigenvalue weighted by molar-refractivity contribution is -0.185. The molecule has 0 spiro atoms. The SMILES string of the molecule is COOC=P(c1ccccc1)(c1ccccc1)c1ccccc1. The van der Waals surface area contributed by atoms with Gasteiger partial charge in [-0.15, -0.1) is 0 Å². The molecule has 0 N–H and O–H groups in total. The Morgan fingerprint density at radius 2 is 0.957 bits per heavy atom. The summed E-state index contributed by atoms with van der Waals surface area (Å²) in [5.41, 5.74) is 0. The lowest BCUT2D eigenvalue weighted by Crippen LogP contribution is -2.27. The van der Waals surface area contributed by atoms with Gasteiger partial charge in [0.05, 0.1) is 13.1 Å². The number of rotatable bonds is 5. The quantitative estimate of drug-likeness (QED) is 0.408. The van der Waals surface area contributed by atoms with E-state index in [4.69, 9.17) is 9.78 Å². The fourth-order valence-corrected chi connectivity index (χ4v) is 6.13. The lowest BCUT2D eigenvalue weighted by atomic mass is 10.4. The average molecular weight is 322 g/mol. The minimum Gasteiger partial charge on any atom is -0.235 e. The molecule has 23 heavy (non-hydrogen) atoms. The van der Waals surface area contributed by atoms with E-state index in [9.17, 15) is 0 Å². The van der Waals surface area contributed by atoms with Gasteiger partial charge in [-0.05, 0) is 15.9 Å². The molecule has 0 heterocycles. The summed E-state index contributed by atoms with van der Waals surface area (Å²) in [6, 6.07) is 31.4. The maximum absolute atomic E-state index is 5.39. The predicted molar refractivity (Wildman–Crippen MR) is 99.3 cm³/mol. The lowest BCUT2D eigenvalue weighted by Gasteiger charge is -2.27. The van der Waals surface area contributed by atoms with Crippen molar-refractivity contribution in [3.05, 3.63) is 91.0 Å². The fraction of sp³-hybridized carbons (Fsp3) is 0.0500. The molecular formula is C20H19O2P. The Bertz CT molecular complexity index is 680. The number of hydrogen-bond acceptors (Lipinski definition) is 2. The van der Waals surface area contributed by atoms with Crippen molar-refractivity contribution >= 4 is 28.8 Å². The number of hydrogen-bond donors (Lipinski definition) is 0. The summed E-state index contributed by atoms with van der Waals surface area (Å²) >= 11 is 0. The van der Waals surface area contributed by atoms with Gasteiger partial charge in [0.15, 0.2) is 0 Å². The van der Waals surface area contributed by atoms with Gasteiger partial charge >= 0.3 is 0 Å². The molecule has 0 aliphatic rings. The van der Waals surface area contributed by atoms with Gasteiger partial charge in [-0.1, -0.05) is 91.0 Å². The van der Waals surface area contributed by atoms with Crippen molar-refractivity contribution in [3.63, 3.8) is 0 Å². The Labute approximate surface area is 137 Å². The molecule has 3 aromatic rings. The van der Waals surface area contributed by atoms with Gasteiger partial charge in [-0.25, -0.2) is 9.78 Å². The molecule has 3 rings (SSSR count). The van der Waals surface area contributed by atoms with Crippen LogP contribution in [0.3, 0.4) is 0 Å². The molecule has 0 saturated heterocycles. The van der Waals surface area contributed by atoms with Crippen molar-refractivity contribution in [3.8, 4) is 0 Å². The molecule has 0 amide bonds. The van der Waals surface area contributed by atoms with Gasteiger partial charge in [0, 0.05) is 6.89 Å². The molecule has 0 aliphatic heterocycles. The van der Waals surface area contributed by atoms with Crippen molar-refractivity contribution in [2.75, 3.05) is 7.11 Å². The first-order valence-electron chi connectivity index (χ1n) is 7.47. The Balaban J connectivity index is 2.36. The monoisotopic (exact) mass is 322 g/mol. The molecule has 0 unspecified atom stereocenters. The Morgan fingerprint density at radius 3 is 1.26 bits per heavy atom. The highest BCUT2D eigenvalue weighted by atomic mass is 31.2. The minimum absolute atomic E-state index is 1.23. The van der Waals surface area contributed by atoms with Gasteiger partial charge in [0.2, 0.25) is 0 Å². The van der Waals surface area contributed by atoms with E-state index in [-0.39, 0.29) is 0 Å². The second-order valence-electron chi connectivity index (χ2n) is 5.10. The van der Waals surface area contributed by atoms with Gasteiger partial charge in [0.1, 0.15) is 0 Å². The largest absolute Gasteiger partial charge is 0.235 e. The van der Waals surface area contributed by atoms with Crippen LogP contribution in [0.1, 0.15) is 0 Å². The van der Waals surface area contributed by atoms with E-state index in [2.05, 4.69) is 72.8 Å². The van der Waals surface area contributed by atoms with Crippen molar-refractivity contribution in [1.82, 2.24) is 0 Å². The van der Waals surface area contributed by atoms with E-state index < -0.39 is 6.89 Å². The number of benzene rings is 3. The van der Waals surface area contributed by atoms with Crippen LogP contribution in [-0.2, 0) is 9.78 Å².